The number of hydrogen-bond acceptors (Lipinski definition) is 4. The van der Waals surface area contributed by atoms with Crippen LogP contribution in [0.15, 0.2) is 91.0 Å². The van der Waals surface area contributed by atoms with Gasteiger partial charge in [0.05, 0.1) is 12.5 Å². The fraction of sp³-hybridized carbons (Fsp3) is 0.167. The fourth-order valence-corrected chi connectivity index (χ4v) is 2.83. The number of hydrogen-bond donors (Lipinski definition) is 1. The summed E-state index contributed by atoms with van der Waals surface area (Å²) in [5, 5.41) is 2.93. The van der Waals surface area contributed by atoms with Crippen LogP contribution in [0.4, 0.5) is 0 Å². The van der Waals surface area contributed by atoms with E-state index >= 15 is 0 Å². The molecule has 0 saturated carbocycles. The summed E-state index contributed by atoms with van der Waals surface area (Å²) >= 11 is 0. The number of carbonyl (C=O) groups excluding carboxylic acids is 2. The Hall–Kier alpha value is -3.60. The Morgan fingerprint density at radius 1 is 0.759 bits per heavy atom. The third-order valence-electron chi connectivity index (χ3n) is 4.27. The summed E-state index contributed by atoms with van der Waals surface area (Å²) in [5.41, 5.74) is 1.38. The molecule has 5 nitrogen and oxygen atoms in total. The van der Waals surface area contributed by atoms with Crippen LogP contribution in [0.1, 0.15) is 28.4 Å². The lowest BCUT2D eigenvalue weighted by Crippen LogP contribution is -2.30. The quantitative estimate of drug-likeness (QED) is 0.441. The molecule has 1 unspecified atom stereocenters. The van der Waals surface area contributed by atoms with Crippen LogP contribution in [-0.4, -0.2) is 25.1 Å². The van der Waals surface area contributed by atoms with E-state index in [2.05, 4.69) is 5.32 Å². The highest BCUT2D eigenvalue weighted by molar-refractivity contribution is 5.94. The fourth-order valence-electron chi connectivity index (χ4n) is 2.83. The molecule has 5 heteroatoms. The second kappa shape index (κ2) is 10.7. The molecular formula is C24H23NO4. The summed E-state index contributed by atoms with van der Waals surface area (Å²) in [6.45, 7) is 0.407. The molecule has 1 amide bonds. The molecule has 0 saturated heterocycles. The molecule has 29 heavy (non-hydrogen) atoms. The molecule has 0 fully saturated rings. The highest BCUT2D eigenvalue weighted by Gasteiger charge is 2.20. The maximum atomic E-state index is 12.5. The lowest BCUT2D eigenvalue weighted by Gasteiger charge is -2.19. The van der Waals surface area contributed by atoms with Gasteiger partial charge in [0.25, 0.3) is 5.91 Å². The minimum absolute atomic E-state index is 0.0356. The van der Waals surface area contributed by atoms with Crippen molar-refractivity contribution in [3.63, 3.8) is 0 Å². The van der Waals surface area contributed by atoms with Crippen molar-refractivity contribution in [3.8, 4) is 5.75 Å². The van der Waals surface area contributed by atoms with Gasteiger partial charge < -0.3 is 14.8 Å². The third kappa shape index (κ3) is 6.50. The number of nitrogens with one attached hydrogen (secondary N) is 1. The van der Waals surface area contributed by atoms with Gasteiger partial charge in [-0.15, -0.1) is 0 Å². The van der Waals surface area contributed by atoms with Crippen LogP contribution < -0.4 is 10.1 Å². The van der Waals surface area contributed by atoms with E-state index < -0.39 is 12.0 Å². The zero-order valence-electron chi connectivity index (χ0n) is 16.0. The van der Waals surface area contributed by atoms with Gasteiger partial charge >= 0.3 is 5.97 Å². The monoisotopic (exact) mass is 389 g/mol. The van der Waals surface area contributed by atoms with Crippen molar-refractivity contribution in [1.29, 1.82) is 0 Å². The molecule has 0 radical (unpaired) electrons. The lowest BCUT2D eigenvalue weighted by molar-refractivity contribution is -0.144. The topological polar surface area (TPSA) is 64.6 Å². The smallest absolute Gasteiger partial charge is 0.308 e. The van der Waals surface area contributed by atoms with E-state index in [0.717, 1.165) is 11.3 Å². The Bertz CT molecular complexity index is 898. The van der Waals surface area contributed by atoms with E-state index in [9.17, 15) is 9.59 Å². The van der Waals surface area contributed by atoms with E-state index in [1.165, 1.54) is 0 Å². The molecule has 0 bridgehead atoms. The maximum Gasteiger partial charge on any atom is 0.308 e. The Kier molecular flexibility index (Phi) is 7.41. The molecule has 3 aromatic rings. The number of amides is 1. The Balaban J connectivity index is 1.55. The van der Waals surface area contributed by atoms with Gasteiger partial charge in [0, 0.05) is 5.56 Å². The van der Waals surface area contributed by atoms with Crippen molar-refractivity contribution in [2.45, 2.75) is 12.5 Å². The van der Waals surface area contributed by atoms with Crippen molar-refractivity contribution < 1.29 is 19.1 Å². The van der Waals surface area contributed by atoms with Crippen LogP contribution >= 0.6 is 0 Å². The number of benzene rings is 3. The first kappa shape index (κ1) is 20.1. The van der Waals surface area contributed by atoms with Crippen LogP contribution in [0.25, 0.3) is 0 Å². The highest BCUT2D eigenvalue weighted by atomic mass is 16.6. The first-order chi connectivity index (χ1) is 14.2. The van der Waals surface area contributed by atoms with Crippen LogP contribution in [0.5, 0.6) is 5.75 Å². The summed E-state index contributed by atoms with van der Waals surface area (Å²) in [6, 6.07) is 27.1. The molecule has 0 aliphatic carbocycles. The molecule has 1 atom stereocenters. The molecule has 0 aromatic heterocycles. The van der Waals surface area contributed by atoms with Gasteiger partial charge in [-0.25, -0.2) is 0 Å². The normalized spacial score (nSPS) is 11.3. The number of esters is 1. The standard InChI is InChI=1S/C24H23NO4/c26-23(29-17-16-28-21-14-8-3-9-15-21)18-22(19-10-4-1-5-11-19)25-24(27)20-12-6-2-7-13-20/h1-15,22H,16-18H2,(H,25,27). The zero-order chi connectivity index (χ0) is 20.3. The Morgan fingerprint density at radius 3 is 2.00 bits per heavy atom. The maximum absolute atomic E-state index is 12.5. The van der Waals surface area contributed by atoms with Crippen molar-refractivity contribution in [2.24, 2.45) is 0 Å². The lowest BCUT2D eigenvalue weighted by atomic mass is 10.0. The van der Waals surface area contributed by atoms with E-state index in [-0.39, 0.29) is 25.5 Å². The number of para-hydroxylation sites is 1. The van der Waals surface area contributed by atoms with Crippen molar-refractivity contribution in [1.82, 2.24) is 5.32 Å². The molecule has 1 N–H and O–H groups in total. The van der Waals surface area contributed by atoms with Gasteiger partial charge in [-0.05, 0) is 29.8 Å². The summed E-state index contributed by atoms with van der Waals surface area (Å²) in [5.74, 6) is 0.0874. The number of ether oxygens (including phenoxy) is 2. The second-order valence-electron chi connectivity index (χ2n) is 6.39. The molecule has 0 aliphatic heterocycles. The summed E-state index contributed by atoms with van der Waals surface area (Å²) < 4.78 is 10.8. The summed E-state index contributed by atoms with van der Waals surface area (Å²) in [7, 11) is 0. The molecular weight excluding hydrogens is 366 g/mol. The average molecular weight is 389 g/mol. The predicted octanol–water partition coefficient (Wildman–Crippen LogP) is 4.17. The Labute approximate surface area is 170 Å². The number of carbonyl (C=O) groups is 2. The molecule has 3 aromatic carbocycles. The Morgan fingerprint density at radius 2 is 1.34 bits per heavy atom. The predicted molar refractivity (Wildman–Crippen MR) is 111 cm³/mol. The van der Waals surface area contributed by atoms with Crippen molar-refractivity contribution in [2.75, 3.05) is 13.2 Å². The van der Waals surface area contributed by atoms with Crippen molar-refractivity contribution >= 4 is 11.9 Å². The van der Waals surface area contributed by atoms with Crippen LogP contribution in [0.3, 0.4) is 0 Å². The largest absolute Gasteiger partial charge is 0.490 e. The van der Waals surface area contributed by atoms with Gasteiger partial charge in [-0.3, -0.25) is 9.59 Å². The van der Waals surface area contributed by atoms with Crippen molar-refractivity contribution in [3.05, 3.63) is 102 Å². The van der Waals surface area contributed by atoms with E-state index in [1.807, 2.05) is 66.7 Å². The van der Waals surface area contributed by atoms with E-state index in [4.69, 9.17) is 9.47 Å². The first-order valence-corrected chi connectivity index (χ1v) is 9.47. The summed E-state index contributed by atoms with van der Waals surface area (Å²) in [4.78, 5) is 24.9. The molecule has 0 spiro atoms. The molecule has 3 rings (SSSR count). The van der Waals surface area contributed by atoms with Gasteiger partial charge in [0.1, 0.15) is 19.0 Å². The minimum Gasteiger partial charge on any atom is -0.490 e. The van der Waals surface area contributed by atoms with E-state index in [1.54, 1.807) is 24.3 Å². The second-order valence-corrected chi connectivity index (χ2v) is 6.39. The minimum atomic E-state index is -0.480. The third-order valence-corrected chi connectivity index (χ3v) is 4.27. The van der Waals surface area contributed by atoms with Gasteiger partial charge in [0.2, 0.25) is 0 Å². The number of rotatable bonds is 9. The van der Waals surface area contributed by atoms with Crippen LogP contribution in [-0.2, 0) is 9.53 Å². The van der Waals surface area contributed by atoms with Gasteiger partial charge in [-0.2, -0.15) is 0 Å². The van der Waals surface area contributed by atoms with Gasteiger partial charge in [-0.1, -0.05) is 66.7 Å². The van der Waals surface area contributed by atoms with Gasteiger partial charge in [0.15, 0.2) is 0 Å². The SMILES string of the molecule is O=C(CC(NC(=O)c1ccccc1)c1ccccc1)OCCOc1ccccc1. The summed E-state index contributed by atoms with van der Waals surface area (Å²) in [6.07, 6.45) is 0.0356. The van der Waals surface area contributed by atoms with Crippen LogP contribution in [0.2, 0.25) is 0 Å². The molecule has 0 aliphatic rings. The highest BCUT2D eigenvalue weighted by Crippen LogP contribution is 2.18. The first-order valence-electron chi connectivity index (χ1n) is 9.47. The molecule has 148 valence electrons. The average Bonchev–Trinajstić information content (AvgIpc) is 2.78. The molecule has 0 heterocycles. The van der Waals surface area contributed by atoms with E-state index in [0.29, 0.717) is 5.56 Å². The van der Waals surface area contributed by atoms with Crippen LogP contribution in [0, 0.1) is 0 Å². The zero-order valence-corrected chi connectivity index (χ0v) is 16.0.